The van der Waals surface area contributed by atoms with Crippen molar-refractivity contribution >= 4 is 30.3 Å². The summed E-state index contributed by atoms with van der Waals surface area (Å²) in [4.78, 5) is 15.2. The van der Waals surface area contributed by atoms with Crippen molar-refractivity contribution in [1.29, 1.82) is 0 Å². The molecule has 4 rings (SSSR count). The van der Waals surface area contributed by atoms with Crippen LogP contribution in [0.3, 0.4) is 0 Å². The fourth-order valence-corrected chi connectivity index (χ4v) is 4.25. The number of nitrogens with zero attached hydrogens (tertiary/aromatic N) is 7. The number of anilines is 1. The number of halogens is 1. The van der Waals surface area contributed by atoms with E-state index in [1.165, 1.54) is 30.4 Å². The second kappa shape index (κ2) is 10.7. The summed E-state index contributed by atoms with van der Waals surface area (Å²) in [6.07, 6.45) is 11.2. The van der Waals surface area contributed by atoms with Gasteiger partial charge in [-0.2, -0.15) is 9.78 Å². The Bertz CT molecular complexity index is 891. The summed E-state index contributed by atoms with van der Waals surface area (Å²) in [7, 11) is 0. The first-order valence-corrected chi connectivity index (χ1v) is 10.7. The predicted octanol–water partition coefficient (Wildman–Crippen LogP) is 2.32. The van der Waals surface area contributed by atoms with Gasteiger partial charge in [0.2, 0.25) is 11.6 Å². The lowest BCUT2D eigenvalue weighted by Crippen LogP contribution is -2.38. The van der Waals surface area contributed by atoms with Crippen molar-refractivity contribution in [3.63, 3.8) is 0 Å². The summed E-state index contributed by atoms with van der Waals surface area (Å²) in [6, 6.07) is 0.398. The van der Waals surface area contributed by atoms with E-state index in [0.29, 0.717) is 24.2 Å². The van der Waals surface area contributed by atoms with Gasteiger partial charge in [0.05, 0.1) is 5.69 Å². The summed E-state index contributed by atoms with van der Waals surface area (Å²) < 4.78 is 6.15. The lowest BCUT2D eigenvalue weighted by molar-refractivity contribution is 0.0944. The third-order valence-electron chi connectivity index (χ3n) is 6.07. The first-order chi connectivity index (χ1) is 14.6. The van der Waals surface area contributed by atoms with Gasteiger partial charge in [-0.1, -0.05) is 30.9 Å². The minimum Gasteiger partial charge on any atom is -0.378 e. The van der Waals surface area contributed by atoms with Crippen LogP contribution in [0, 0.1) is 5.92 Å². The largest absolute Gasteiger partial charge is 0.378 e. The van der Waals surface area contributed by atoms with E-state index >= 15 is 0 Å². The molecule has 2 aromatic heterocycles. The van der Waals surface area contributed by atoms with Gasteiger partial charge < -0.3 is 5.73 Å². The number of likely N-dealkylation sites (tertiary alicyclic amines) is 1. The Morgan fingerprint density at radius 2 is 2.00 bits per heavy atom. The Labute approximate surface area is 187 Å². The van der Waals surface area contributed by atoms with E-state index in [2.05, 4.69) is 43.0 Å². The third-order valence-corrected chi connectivity index (χ3v) is 6.07. The Kier molecular flexibility index (Phi) is 7.97. The molecule has 2 aliphatic rings. The zero-order valence-corrected chi connectivity index (χ0v) is 18.6. The van der Waals surface area contributed by atoms with Gasteiger partial charge in [-0.15, -0.1) is 17.5 Å². The van der Waals surface area contributed by atoms with Crippen molar-refractivity contribution in [3.05, 3.63) is 11.4 Å². The van der Waals surface area contributed by atoms with Gasteiger partial charge in [-0.25, -0.2) is 10.1 Å². The van der Waals surface area contributed by atoms with E-state index in [0.717, 1.165) is 32.2 Å². The molecule has 1 saturated carbocycles. The summed E-state index contributed by atoms with van der Waals surface area (Å²) in [5.74, 6) is 0.342. The van der Waals surface area contributed by atoms with Gasteiger partial charge in [0.25, 0.3) is 5.91 Å². The molecule has 11 nitrogen and oxygen atoms in total. The average molecular weight is 452 g/mol. The molecule has 0 aromatic carbocycles. The molecule has 1 saturated heterocycles. The van der Waals surface area contributed by atoms with Crippen molar-refractivity contribution in [1.82, 2.24) is 35.6 Å². The number of rotatable bonds is 6. The maximum absolute atomic E-state index is 12.8. The van der Waals surface area contributed by atoms with Crippen molar-refractivity contribution in [2.24, 2.45) is 11.0 Å². The highest BCUT2D eigenvalue weighted by molar-refractivity contribution is 5.93. The Morgan fingerprint density at radius 1 is 1.23 bits per heavy atom. The van der Waals surface area contributed by atoms with Crippen LogP contribution in [-0.2, 0) is 6.54 Å². The Hall–Kier alpha value is -2.53. The number of hydrogen-bond donors (Lipinski definition) is 2. The number of aromatic nitrogens is 5. The van der Waals surface area contributed by atoms with Crippen LogP contribution in [0.25, 0.3) is 5.82 Å². The highest BCUT2D eigenvalue weighted by Crippen LogP contribution is 2.23. The number of carbonyl (C=O) groups is 1. The molecule has 1 atom stereocenters. The summed E-state index contributed by atoms with van der Waals surface area (Å²) >= 11 is 0. The number of nitrogen functional groups attached to an aromatic ring is 1. The first-order valence-electron chi connectivity index (χ1n) is 10.7. The van der Waals surface area contributed by atoms with Crippen LogP contribution in [0.4, 0.5) is 5.82 Å². The number of amides is 1. The molecule has 3 N–H and O–H groups in total. The Morgan fingerprint density at radius 3 is 2.71 bits per heavy atom. The number of nitrogens with one attached hydrogen (secondary N) is 1. The number of nitrogens with two attached hydrogens (primary N) is 1. The standard InChI is InChI=1S/C19H29N9O2.ClH/c1-13-7-5-6-10-27(13)12-15-16(22-26-28(15)18-17(20)24-30-25-18)19(29)23-21-11-14-8-3-2-4-9-14;/h11,13-14H,2-10,12H2,1H3,(H2,20,24)(H,23,29);1H/b21-11-;. The molecule has 170 valence electrons. The molecule has 1 aliphatic heterocycles. The highest BCUT2D eigenvalue weighted by atomic mass is 35.5. The van der Waals surface area contributed by atoms with E-state index in [-0.39, 0.29) is 29.7 Å². The maximum Gasteiger partial charge on any atom is 0.293 e. The number of piperidine rings is 1. The fourth-order valence-electron chi connectivity index (χ4n) is 4.25. The van der Waals surface area contributed by atoms with Crippen molar-refractivity contribution < 1.29 is 9.42 Å². The second-order valence-electron chi connectivity index (χ2n) is 8.20. The number of hydrazone groups is 1. The fraction of sp³-hybridized carbons (Fsp3) is 0.684. The van der Waals surface area contributed by atoms with Gasteiger partial charge in [-0.05, 0) is 55.4 Å². The monoisotopic (exact) mass is 451 g/mol. The van der Waals surface area contributed by atoms with Gasteiger partial charge in [0.15, 0.2) is 5.69 Å². The molecule has 2 fully saturated rings. The summed E-state index contributed by atoms with van der Waals surface area (Å²) in [5, 5.41) is 19.8. The zero-order valence-electron chi connectivity index (χ0n) is 17.7. The smallest absolute Gasteiger partial charge is 0.293 e. The molecule has 0 spiro atoms. The van der Waals surface area contributed by atoms with Crippen molar-refractivity contribution in [2.75, 3.05) is 12.3 Å². The van der Waals surface area contributed by atoms with Crippen molar-refractivity contribution in [2.45, 2.75) is 70.9 Å². The molecule has 1 unspecified atom stereocenters. The van der Waals surface area contributed by atoms with Crippen LogP contribution < -0.4 is 11.2 Å². The van der Waals surface area contributed by atoms with Crippen LogP contribution in [0.5, 0.6) is 0 Å². The zero-order chi connectivity index (χ0) is 20.9. The van der Waals surface area contributed by atoms with Crippen molar-refractivity contribution in [3.8, 4) is 5.82 Å². The Balaban J connectivity index is 0.00000272. The maximum atomic E-state index is 12.8. The molecule has 1 aliphatic carbocycles. The van der Waals surface area contributed by atoms with E-state index in [1.54, 1.807) is 0 Å². The van der Waals surface area contributed by atoms with E-state index < -0.39 is 5.91 Å². The predicted molar refractivity (Wildman–Crippen MR) is 117 cm³/mol. The molecule has 2 aromatic rings. The number of carbonyl (C=O) groups excluding carboxylic acids is 1. The van der Waals surface area contributed by atoms with E-state index in [4.69, 9.17) is 10.4 Å². The number of hydrogen-bond acceptors (Lipinski definition) is 9. The van der Waals surface area contributed by atoms with Crippen LogP contribution >= 0.6 is 12.4 Å². The van der Waals surface area contributed by atoms with E-state index in [9.17, 15) is 4.79 Å². The van der Waals surface area contributed by atoms with Gasteiger partial charge in [0, 0.05) is 18.8 Å². The second-order valence-corrected chi connectivity index (χ2v) is 8.20. The molecule has 0 bridgehead atoms. The molecule has 12 heteroatoms. The minimum absolute atomic E-state index is 0. The topological polar surface area (TPSA) is 140 Å². The molecule has 1 amide bonds. The molecular formula is C19H30ClN9O2. The van der Waals surface area contributed by atoms with E-state index in [1.807, 2.05) is 6.21 Å². The quantitative estimate of drug-likeness (QED) is 0.503. The van der Waals surface area contributed by atoms with Gasteiger partial charge in [0.1, 0.15) is 0 Å². The first kappa shape index (κ1) is 23.1. The summed E-state index contributed by atoms with van der Waals surface area (Å²) in [5.41, 5.74) is 9.27. The van der Waals surface area contributed by atoms with Crippen LogP contribution in [-0.4, -0.2) is 54.9 Å². The van der Waals surface area contributed by atoms with Crippen LogP contribution in [0.15, 0.2) is 9.73 Å². The lowest BCUT2D eigenvalue weighted by Gasteiger charge is -2.33. The normalized spacial score (nSPS) is 20.6. The summed E-state index contributed by atoms with van der Waals surface area (Å²) in [6.45, 7) is 3.63. The SMILES string of the molecule is CC1CCCCN1Cc1c(C(=O)N/N=C\C2CCCCC2)nnn1-c1nonc1N.Cl. The average Bonchev–Trinajstić information content (AvgIpc) is 3.36. The molecule has 0 radical (unpaired) electrons. The van der Waals surface area contributed by atoms with Gasteiger partial charge in [-0.3, -0.25) is 9.69 Å². The molecule has 31 heavy (non-hydrogen) atoms. The van der Waals surface area contributed by atoms with Crippen LogP contribution in [0.1, 0.15) is 74.5 Å². The minimum atomic E-state index is -0.400. The molecular weight excluding hydrogens is 422 g/mol. The third kappa shape index (κ3) is 5.40. The lowest BCUT2D eigenvalue weighted by atomic mass is 9.90. The van der Waals surface area contributed by atoms with Gasteiger partial charge >= 0.3 is 0 Å². The highest BCUT2D eigenvalue weighted by Gasteiger charge is 2.28. The van der Waals surface area contributed by atoms with Crippen LogP contribution in [0.2, 0.25) is 0 Å². The molecule has 3 heterocycles.